The summed E-state index contributed by atoms with van der Waals surface area (Å²) in [4.78, 5) is 24.9. The largest absolute Gasteiger partial charge is 0.457 e. The van der Waals surface area contributed by atoms with Gasteiger partial charge in [0.2, 0.25) is 5.91 Å². The first kappa shape index (κ1) is 20.5. The van der Waals surface area contributed by atoms with Gasteiger partial charge in [-0.15, -0.1) is 11.8 Å². The molecule has 2 rings (SSSR count). The Morgan fingerprint density at radius 2 is 1.85 bits per heavy atom. The number of benzene rings is 2. The number of nitrogens with one attached hydrogen (secondary N) is 1. The summed E-state index contributed by atoms with van der Waals surface area (Å²) in [7, 11) is 1.58. The van der Waals surface area contributed by atoms with E-state index < -0.39 is 5.97 Å². The third-order valence-corrected chi connectivity index (χ3v) is 4.98. The number of thioether (sulfide) groups is 1. The average Bonchev–Trinajstić information content (AvgIpc) is 2.66. The highest BCUT2D eigenvalue weighted by Crippen LogP contribution is 2.23. The van der Waals surface area contributed by atoms with Crippen molar-refractivity contribution in [2.45, 2.75) is 11.5 Å². The van der Waals surface area contributed by atoms with Crippen molar-refractivity contribution >= 4 is 39.6 Å². The second-order valence-corrected chi connectivity index (χ2v) is 7.26. The summed E-state index contributed by atoms with van der Waals surface area (Å²) < 4.78 is 11.3. The molecule has 5 nitrogen and oxygen atoms in total. The molecule has 0 bridgehead atoms. The van der Waals surface area contributed by atoms with Crippen LogP contribution in [0.2, 0.25) is 0 Å². The number of ether oxygens (including phenoxy) is 2. The van der Waals surface area contributed by atoms with Crippen LogP contribution in [0.4, 0.5) is 0 Å². The van der Waals surface area contributed by atoms with Gasteiger partial charge in [0.15, 0.2) is 0 Å². The van der Waals surface area contributed by atoms with E-state index in [-0.39, 0.29) is 18.3 Å². The highest BCUT2D eigenvalue weighted by molar-refractivity contribution is 9.10. The lowest BCUT2D eigenvalue weighted by molar-refractivity contribution is -0.118. The highest BCUT2D eigenvalue weighted by Gasteiger charge is 2.14. The minimum absolute atomic E-state index is 0.106. The smallest absolute Gasteiger partial charge is 0.339 e. The van der Waals surface area contributed by atoms with Crippen LogP contribution >= 0.6 is 27.7 Å². The summed E-state index contributed by atoms with van der Waals surface area (Å²) in [5.74, 6) is -0.290. The maximum Gasteiger partial charge on any atom is 0.339 e. The van der Waals surface area contributed by atoms with E-state index in [0.717, 1.165) is 14.9 Å². The predicted octanol–water partition coefficient (Wildman–Crippen LogP) is 3.66. The fourth-order valence-corrected chi connectivity index (χ4v) is 3.19. The van der Waals surface area contributed by atoms with Gasteiger partial charge in [0.05, 0.1) is 17.9 Å². The van der Waals surface area contributed by atoms with Crippen molar-refractivity contribution in [3.8, 4) is 0 Å². The molecule has 0 aliphatic heterocycles. The third kappa shape index (κ3) is 6.82. The number of halogens is 1. The first-order valence-electron chi connectivity index (χ1n) is 7.99. The van der Waals surface area contributed by atoms with Gasteiger partial charge in [-0.05, 0) is 29.8 Å². The van der Waals surface area contributed by atoms with Gasteiger partial charge in [-0.1, -0.05) is 40.2 Å². The van der Waals surface area contributed by atoms with Gasteiger partial charge < -0.3 is 14.8 Å². The van der Waals surface area contributed by atoms with Gasteiger partial charge in [0, 0.05) is 23.0 Å². The topological polar surface area (TPSA) is 64.6 Å². The van der Waals surface area contributed by atoms with Gasteiger partial charge in [0.25, 0.3) is 0 Å². The molecule has 2 aromatic rings. The van der Waals surface area contributed by atoms with E-state index >= 15 is 0 Å². The Kier molecular flexibility index (Phi) is 8.67. The van der Waals surface area contributed by atoms with Gasteiger partial charge in [-0.25, -0.2) is 4.79 Å². The monoisotopic (exact) mass is 437 g/mol. The molecule has 26 heavy (non-hydrogen) atoms. The quantitative estimate of drug-likeness (QED) is 0.368. The number of methoxy groups -OCH3 is 1. The second kappa shape index (κ2) is 11.0. The molecule has 1 amide bonds. The van der Waals surface area contributed by atoms with Crippen LogP contribution in [0.15, 0.2) is 57.9 Å². The van der Waals surface area contributed by atoms with Crippen LogP contribution in [0.25, 0.3) is 0 Å². The Morgan fingerprint density at radius 1 is 1.12 bits per heavy atom. The van der Waals surface area contributed by atoms with Crippen molar-refractivity contribution in [1.29, 1.82) is 0 Å². The van der Waals surface area contributed by atoms with Gasteiger partial charge in [-0.3, -0.25) is 4.79 Å². The van der Waals surface area contributed by atoms with E-state index in [4.69, 9.17) is 9.47 Å². The van der Waals surface area contributed by atoms with Gasteiger partial charge >= 0.3 is 5.97 Å². The molecule has 0 saturated heterocycles. The Balaban J connectivity index is 1.91. The standard InChI is InChI=1S/C19H20BrNO4S/c1-24-11-10-21-18(22)13-26-17-5-3-2-4-16(17)19(23)25-12-14-6-8-15(20)9-7-14/h2-9H,10-13H2,1H3,(H,21,22). The summed E-state index contributed by atoms with van der Waals surface area (Å²) in [6, 6.07) is 14.7. The number of carbonyl (C=O) groups is 2. The zero-order valence-electron chi connectivity index (χ0n) is 14.4. The van der Waals surface area contributed by atoms with Crippen LogP contribution in [0.1, 0.15) is 15.9 Å². The Hall–Kier alpha value is -1.83. The molecule has 138 valence electrons. The van der Waals surface area contributed by atoms with E-state index in [1.807, 2.05) is 36.4 Å². The maximum atomic E-state index is 12.4. The van der Waals surface area contributed by atoms with Crippen molar-refractivity contribution in [2.75, 3.05) is 26.0 Å². The molecule has 0 aliphatic carbocycles. The van der Waals surface area contributed by atoms with Crippen molar-refractivity contribution in [1.82, 2.24) is 5.32 Å². The van der Waals surface area contributed by atoms with Crippen LogP contribution in [0.3, 0.4) is 0 Å². The minimum atomic E-state index is -0.407. The summed E-state index contributed by atoms with van der Waals surface area (Å²) in [5, 5.41) is 2.75. The zero-order valence-corrected chi connectivity index (χ0v) is 16.8. The highest BCUT2D eigenvalue weighted by atomic mass is 79.9. The van der Waals surface area contributed by atoms with Crippen molar-refractivity contribution in [3.05, 3.63) is 64.1 Å². The minimum Gasteiger partial charge on any atom is -0.457 e. The predicted molar refractivity (Wildman–Crippen MR) is 105 cm³/mol. The number of hydrogen-bond donors (Lipinski definition) is 1. The lowest BCUT2D eigenvalue weighted by atomic mass is 10.2. The molecule has 0 aromatic heterocycles. The van der Waals surface area contributed by atoms with Crippen LogP contribution in [-0.2, 0) is 20.9 Å². The maximum absolute atomic E-state index is 12.4. The molecular weight excluding hydrogens is 418 g/mol. The van der Waals surface area contributed by atoms with Crippen molar-refractivity contribution in [3.63, 3.8) is 0 Å². The number of hydrogen-bond acceptors (Lipinski definition) is 5. The summed E-state index contributed by atoms with van der Waals surface area (Å²) in [5.41, 5.74) is 1.36. The summed E-state index contributed by atoms with van der Waals surface area (Å²) in [6.07, 6.45) is 0. The molecule has 2 aromatic carbocycles. The SMILES string of the molecule is COCCNC(=O)CSc1ccccc1C(=O)OCc1ccc(Br)cc1. The van der Waals surface area contributed by atoms with Crippen molar-refractivity contribution < 1.29 is 19.1 Å². The first-order valence-corrected chi connectivity index (χ1v) is 9.77. The second-order valence-electron chi connectivity index (χ2n) is 5.33. The molecular formula is C19H20BrNO4S. The summed E-state index contributed by atoms with van der Waals surface area (Å²) in [6.45, 7) is 1.13. The van der Waals surface area contributed by atoms with Crippen molar-refractivity contribution in [2.24, 2.45) is 0 Å². The fraction of sp³-hybridized carbons (Fsp3) is 0.263. The van der Waals surface area contributed by atoms with E-state index in [9.17, 15) is 9.59 Å². The fourth-order valence-electron chi connectivity index (χ4n) is 2.06. The molecule has 0 unspecified atom stereocenters. The van der Waals surface area contributed by atoms with Crippen LogP contribution in [0, 0.1) is 0 Å². The molecule has 0 saturated carbocycles. The molecule has 0 fully saturated rings. The molecule has 0 aliphatic rings. The Morgan fingerprint density at radius 3 is 2.58 bits per heavy atom. The number of amides is 1. The first-order chi connectivity index (χ1) is 12.6. The average molecular weight is 438 g/mol. The zero-order chi connectivity index (χ0) is 18.8. The molecule has 0 radical (unpaired) electrons. The van der Waals surface area contributed by atoms with Gasteiger partial charge in [-0.2, -0.15) is 0 Å². The van der Waals surface area contributed by atoms with Crippen LogP contribution in [-0.4, -0.2) is 37.9 Å². The molecule has 1 N–H and O–H groups in total. The van der Waals surface area contributed by atoms with E-state index in [2.05, 4.69) is 21.2 Å². The van der Waals surface area contributed by atoms with Crippen LogP contribution < -0.4 is 5.32 Å². The number of esters is 1. The third-order valence-electron chi connectivity index (χ3n) is 3.38. The lowest BCUT2D eigenvalue weighted by Crippen LogP contribution is -2.28. The molecule has 0 heterocycles. The normalized spacial score (nSPS) is 10.4. The Labute approximate surface area is 165 Å². The number of rotatable bonds is 9. The summed E-state index contributed by atoms with van der Waals surface area (Å²) >= 11 is 4.68. The van der Waals surface area contributed by atoms with Crippen LogP contribution in [0.5, 0.6) is 0 Å². The van der Waals surface area contributed by atoms with E-state index in [1.165, 1.54) is 11.8 Å². The molecule has 0 atom stereocenters. The van der Waals surface area contributed by atoms with E-state index in [0.29, 0.717) is 18.7 Å². The lowest BCUT2D eigenvalue weighted by Gasteiger charge is -2.10. The van der Waals surface area contributed by atoms with E-state index in [1.54, 1.807) is 19.2 Å². The Bertz CT molecular complexity index is 737. The molecule has 7 heteroatoms. The van der Waals surface area contributed by atoms with Gasteiger partial charge in [0.1, 0.15) is 6.61 Å². The number of carbonyl (C=O) groups excluding carboxylic acids is 2. The molecule has 0 spiro atoms.